The quantitative estimate of drug-likeness (QED) is 0.780. The minimum Gasteiger partial charge on any atom is -0.486 e. The lowest BCUT2D eigenvalue weighted by atomic mass is 10.1. The first-order valence-corrected chi connectivity index (χ1v) is 9.16. The zero-order valence-electron chi connectivity index (χ0n) is 14.7. The van der Waals surface area contributed by atoms with Crippen LogP contribution < -0.4 is 20.1 Å². The summed E-state index contributed by atoms with van der Waals surface area (Å²) in [5, 5.41) is 9.29. The van der Waals surface area contributed by atoms with Gasteiger partial charge in [-0.3, -0.25) is 9.59 Å². The Morgan fingerprint density at radius 2 is 1.92 bits per heavy atom. The molecule has 0 radical (unpaired) electrons. The van der Waals surface area contributed by atoms with Gasteiger partial charge in [-0.2, -0.15) is 11.3 Å². The van der Waals surface area contributed by atoms with Crippen molar-refractivity contribution in [1.82, 2.24) is 10.2 Å². The summed E-state index contributed by atoms with van der Waals surface area (Å²) in [6.07, 6.45) is 0. The Balaban J connectivity index is 1.57. The minimum absolute atomic E-state index is 0.00675. The van der Waals surface area contributed by atoms with Gasteiger partial charge < -0.3 is 25.0 Å². The minimum atomic E-state index is -0.718. The van der Waals surface area contributed by atoms with Crippen molar-refractivity contribution in [3.63, 3.8) is 0 Å². The van der Waals surface area contributed by atoms with Crippen LogP contribution in [0.3, 0.4) is 0 Å². The third-order valence-electron chi connectivity index (χ3n) is 4.01. The molecule has 0 unspecified atom stereocenters. The number of hydrogen-bond donors (Lipinski definition) is 2. The topological polar surface area (TPSA) is 79.9 Å². The Bertz CT molecular complexity index is 777. The summed E-state index contributed by atoms with van der Waals surface area (Å²) in [6, 6.07) is 7.05. The number of hydrogen-bond acceptors (Lipinski definition) is 6. The number of benzene rings is 1. The number of thiophene rings is 1. The van der Waals surface area contributed by atoms with Gasteiger partial charge in [0.2, 0.25) is 0 Å². The highest BCUT2D eigenvalue weighted by Crippen LogP contribution is 2.32. The van der Waals surface area contributed by atoms with Crippen molar-refractivity contribution in [1.29, 1.82) is 0 Å². The number of amides is 2. The first-order chi connectivity index (χ1) is 12.5. The summed E-state index contributed by atoms with van der Waals surface area (Å²) in [7, 11) is 3.87. The SMILES string of the molecule is CN(C)[C@H](CNC(=O)C(=O)Nc1ccc2c(c1)OCCO2)c1ccsc1. The van der Waals surface area contributed by atoms with Gasteiger partial charge in [0, 0.05) is 18.3 Å². The van der Waals surface area contributed by atoms with Crippen molar-refractivity contribution in [2.45, 2.75) is 6.04 Å². The summed E-state index contributed by atoms with van der Waals surface area (Å²) < 4.78 is 10.9. The van der Waals surface area contributed by atoms with E-state index in [1.807, 2.05) is 35.8 Å². The largest absolute Gasteiger partial charge is 0.486 e. The zero-order valence-corrected chi connectivity index (χ0v) is 15.5. The molecule has 1 aliphatic heterocycles. The normalized spacial score (nSPS) is 14.0. The molecule has 8 heteroatoms. The van der Waals surface area contributed by atoms with Crippen LogP contribution >= 0.6 is 11.3 Å². The Labute approximate surface area is 155 Å². The third-order valence-corrected chi connectivity index (χ3v) is 4.72. The van der Waals surface area contributed by atoms with Crippen molar-refractivity contribution in [3.05, 3.63) is 40.6 Å². The van der Waals surface area contributed by atoms with E-state index < -0.39 is 11.8 Å². The number of carbonyl (C=O) groups excluding carboxylic acids is 2. The number of nitrogens with one attached hydrogen (secondary N) is 2. The lowest BCUT2D eigenvalue weighted by Gasteiger charge is -2.23. The summed E-state index contributed by atoms with van der Waals surface area (Å²) in [6.45, 7) is 1.30. The van der Waals surface area contributed by atoms with E-state index in [-0.39, 0.29) is 6.04 Å². The van der Waals surface area contributed by atoms with Gasteiger partial charge in [-0.25, -0.2) is 0 Å². The predicted molar refractivity (Wildman–Crippen MR) is 99.8 cm³/mol. The van der Waals surface area contributed by atoms with E-state index in [0.717, 1.165) is 5.56 Å². The molecule has 7 nitrogen and oxygen atoms in total. The van der Waals surface area contributed by atoms with Crippen molar-refractivity contribution in [2.24, 2.45) is 0 Å². The first-order valence-electron chi connectivity index (χ1n) is 8.22. The maximum absolute atomic E-state index is 12.1. The smallest absolute Gasteiger partial charge is 0.313 e. The highest BCUT2D eigenvalue weighted by Gasteiger charge is 2.20. The highest BCUT2D eigenvalue weighted by molar-refractivity contribution is 7.08. The molecule has 3 rings (SSSR count). The van der Waals surface area contributed by atoms with E-state index in [2.05, 4.69) is 10.6 Å². The van der Waals surface area contributed by atoms with Crippen LogP contribution in [0.1, 0.15) is 11.6 Å². The second-order valence-electron chi connectivity index (χ2n) is 6.06. The second kappa shape index (κ2) is 8.20. The maximum Gasteiger partial charge on any atom is 0.313 e. The van der Waals surface area contributed by atoms with Gasteiger partial charge >= 0.3 is 11.8 Å². The molecule has 2 aromatic rings. The van der Waals surface area contributed by atoms with Gasteiger partial charge in [0.05, 0.1) is 6.04 Å². The van der Waals surface area contributed by atoms with Crippen LogP contribution in [0.25, 0.3) is 0 Å². The molecule has 1 aromatic heterocycles. The van der Waals surface area contributed by atoms with Gasteiger partial charge in [0.1, 0.15) is 13.2 Å². The molecule has 1 aliphatic rings. The number of rotatable bonds is 5. The number of fused-ring (bicyclic) bond motifs is 1. The van der Waals surface area contributed by atoms with Crippen LogP contribution in [0.4, 0.5) is 5.69 Å². The number of nitrogens with zero attached hydrogens (tertiary/aromatic N) is 1. The van der Waals surface area contributed by atoms with E-state index in [1.165, 1.54) is 0 Å². The number of anilines is 1. The summed E-state index contributed by atoms with van der Waals surface area (Å²) in [4.78, 5) is 26.3. The number of carbonyl (C=O) groups is 2. The number of likely N-dealkylation sites (N-methyl/N-ethyl adjacent to an activating group) is 1. The Hall–Kier alpha value is -2.58. The van der Waals surface area contributed by atoms with Crippen molar-refractivity contribution >= 4 is 28.8 Å². The summed E-state index contributed by atoms with van der Waals surface area (Å²) in [5.74, 6) is -0.214. The zero-order chi connectivity index (χ0) is 18.5. The van der Waals surface area contributed by atoms with E-state index in [4.69, 9.17) is 9.47 Å². The molecule has 0 aliphatic carbocycles. The molecule has 0 saturated heterocycles. The molecule has 0 saturated carbocycles. The van der Waals surface area contributed by atoms with Gasteiger partial charge in [-0.15, -0.1) is 0 Å². The van der Waals surface area contributed by atoms with E-state index in [0.29, 0.717) is 36.9 Å². The van der Waals surface area contributed by atoms with Crippen LogP contribution in [0.2, 0.25) is 0 Å². The maximum atomic E-state index is 12.1. The molecule has 2 N–H and O–H groups in total. The van der Waals surface area contributed by atoms with Crippen molar-refractivity contribution in [3.8, 4) is 11.5 Å². The van der Waals surface area contributed by atoms with Crippen molar-refractivity contribution < 1.29 is 19.1 Å². The standard InChI is InChI=1S/C18H21N3O4S/c1-21(2)14(12-5-8-26-11-12)10-19-17(22)18(23)20-13-3-4-15-16(9-13)25-7-6-24-15/h3-5,8-9,11,14H,6-7,10H2,1-2H3,(H,19,22)(H,20,23)/t14-/m1/s1. The summed E-state index contributed by atoms with van der Waals surface area (Å²) >= 11 is 1.60. The average molecular weight is 375 g/mol. The molecule has 0 spiro atoms. The Kier molecular flexibility index (Phi) is 5.75. The first kappa shape index (κ1) is 18.2. The van der Waals surface area contributed by atoms with Gasteiger partial charge in [-0.1, -0.05) is 0 Å². The molecule has 0 bridgehead atoms. The van der Waals surface area contributed by atoms with E-state index in [1.54, 1.807) is 29.5 Å². The van der Waals surface area contributed by atoms with Crippen LogP contribution in [0, 0.1) is 0 Å². The van der Waals surface area contributed by atoms with E-state index >= 15 is 0 Å². The third kappa shape index (κ3) is 4.33. The van der Waals surface area contributed by atoms with Crippen LogP contribution in [0.15, 0.2) is 35.0 Å². The van der Waals surface area contributed by atoms with Crippen LogP contribution in [-0.2, 0) is 9.59 Å². The molecular weight excluding hydrogens is 354 g/mol. The fourth-order valence-corrected chi connectivity index (χ4v) is 3.35. The van der Waals surface area contributed by atoms with Gasteiger partial charge in [0.25, 0.3) is 0 Å². The molecule has 1 aromatic carbocycles. The molecule has 2 amide bonds. The van der Waals surface area contributed by atoms with Crippen molar-refractivity contribution in [2.75, 3.05) is 39.2 Å². The van der Waals surface area contributed by atoms with E-state index in [9.17, 15) is 9.59 Å². The van der Waals surface area contributed by atoms with Gasteiger partial charge in [0.15, 0.2) is 11.5 Å². The molecule has 0 fully saturated rings. The Morgan fingerprint density at radius 1 is 1.15 bits per heavy atom. The fourth-order valence-electron chi connectivity index (χ4n) is 2.64. The fraction of sp³-hybridized carbons (Fsp3) is 0.333. The summed E-state index contributed by atoms with van der Waals surface area (Å²) in [5.41, 5.74) is 1.59. The Morgan fingerprint density at radius 3 is 2.62 bits per heavy atom. The molecular formula is C18H21N3O4S. The lowest BCUT2D eigenvalue weighted by molar-refractivity contribution is -0.136. The highest BCUT2D eigenvalue weighted by atomic mass is 32.1. The molecule has 2 heterocycles. The molecule has 26 heavy (non-hydrogen) atoms. The van der Waals surface area contributed by atoms with Gasteiger partial charge in [-0.05, 0) is 48.6 Å². The second-order valence-corrected chi connectivity index (χ2v) is 6.84. The van der Waals surface area contributed by atoms with Crippen LogP contribution in [0.5, 0.6) is 11.5 Å². The predicted octanol–water partition coefficient (Wildman–Crippen LogP) is 1.88. The molecule has 1 atom stereocenters. The number of ether oxygens (including phenoxy) is 2. The molecule has 138 valence electrons. The lowest BCUT2D eigenvalue weighted by Crippen LogP contribution is -2.40. The van der Waals surface area contributed by atoms with Crippen LogP contribution in [-0.4, -0.2) is 50.6 Å². The average Bonchev–Trinajstić information content (AvgIpc) is 3.15. The monoisotopic (exact) mass is 375 g/mol.